The lowest BCUT2D eigenvalue weighted by atomic mass is 9.99. The van der Waals surface area contributed by atoms with Crippen LogP contribution in [0.3, 0.4) is 0 Å². The van der Waals surface area contributed by atoms with Crippen molar-refractivity contribution in [2.75, 3.05) is 22.1 Å². The van der Waals surface area contributed by atoms with Gasteiger partial charge in [0.05, 0.1) is 11.4 Å². The summed E-state index contributed by atoms with van der Waals surface area (Å²) in [6, 6.07) is 24.8. The van der Waals surface area contributed by atoms with Gasteiger partial charge in [-0.3, -0.25) is 4.79 Å². The van der Waals surface area contributed by atoms with Crippen LogP contribution in [0.15, 0.2) is 85.1 Å². The fourth-order valence-corrected chi connectivity index (χ4v) is 4.71. The Morgan fingerprint density at radius 2 is 1.64 bits per heavy atom. The van der Waals surface area contributed by atoms with Crippen molar-refractivity contribution in [1.29, 1.82) is 0 Å². The van der Waals surface area contributed by atoms with Gasteiger partial charge in [-0.25, -0.2) is 0 Å². The van der Waals surface area contributed by atoms with E-state index in [9.17, 15) is 4.79 Å². The lowest BCUT2D eigenvalue weighted by Gasteiger charge is -2.23. The molecule has 0 saturated carbocycles. The van der Waals surface area contributed by atoms with Gasteiger partial charge in [-0.05, 0) is 73.7 Å². The van der Waals surface area contributed by atoms with Crippen LogP contribution in [0.1, 0.15) is 27.0 Å². The average Bonchev–Trinajstić information content (AvgIpc) is 3.02. The second-order valence-corrected chi connectivity index (χ2v) is 8.59. The summed E-state index contributed by atoms with van der Waals surface area (Å²) < 4.78 is 0. The standard InChI is InChI=1S/C29H27N3O/c1-19-17-20(2)27(21(3)18-19)29(33)31-23-10-12-24(13-11-23)32-16-6-15-30-28-25-8-5-4-7-22(25)9-14-26(28)32/h4-14,16-18,30H,15H2,1-3H3,(H,31,33). The number of nitrogens with zero attached hydrogens (tertiary/aromatic N) is 1. The predicted octanol–water partition coefficient (Wildman–Crippen LogP) is 7.09. The minimum absolute atomic E-state index is 0.0755. The number of anilines is 4. The molecule has 2 N–H and O–H groups in total. The molecule has 1 aliphatic heterocycles. The van der Waals surface area contributed by atoms with Crippen LogP contribution >= 0.6 is 0 Å². The van der Waals surface area contributed by atoms with Crippen LogP contribution in [-0.2, 0) is 0 Å². The molecule has 1 heterocycles. The molecule has 1 amide bonds. The van der Waals surface area contributed by atoms with Crippen molar-refractivity contribution < 1.29 is 4.79 Å². The summed E-state index contributed by atoms with van der Waals surface area (Å²) in [5.41, 5.74) is 7.93. The van der Waals surface area contributed by atoms with Gasteiger partial charge >= 0.3 is 0 Å². The molecule has 0 atom stereocenters. The molecular weight excluding hydrogens is 406 g/mol. The molecule has 1 aliphatic rings. The summed E-state index contributed by atoms with van der Waals surface area (Å²) in [6.45, 7) is 6.78. The monoisotopic (exact) mass is 433 g/mol. The number of carbonyl (C=O) groups is 1. The first-order valence-electron chi connectivity index (χ1n) is 11.2. The lowest BCUT2D eigenvalue weighted by molar-refractivity contribution is 0.102. The largest absolute Gasteiger partial charge is 0.379 e. The minimum atomic E-state index is -0.0755. The average molecular weight is 434 g/mol. The zero-order chi connectivity index (χ0) is 22.9. The Morgan fingerprint density at radius 1 is 0.909 bits per heavy atom. The summed E-state index contributed by atoms with van der Waals surface area (Å²) >= 11 is 0. The first kappa shape index (κ1) is 20.8. The second kappa shape index (κ2) is 8.47. The normalized spacial score (nSPS) is 12.8. The Kier molecular flexibility index (Phi) is 5.35. The van der Waals surface area contributed by atoms with Crippen LogP contribution in [0.4, 0.5) is 22.7 Å². The minimum Gasteiger partial charge on any atom is -0.379 e. The van der Waals surface area contributed by atoms with Gasteiger partial charge in [0.15, 0.2) is 0 Å². The Balaban J connectivity index is 1.44. The molecule has 164 valence electrons. The molecule has 0 saturated heterocycles. The maximum Gasteiger partial charge on any atom is 0.256 e. The molecule has 0 spiro atoms. The lowest BCUT2D eigenvalue weighted by Crippen LogP contribution is -2.15. The third-order valence-corrected chi connectivity index (χ3v) is 6.13. The van der Waals surface area contributed by atoms with Crippen molar-refractivity contribution in [2.45, 2.75) is 20.8 Å². The number of benzene rings is 4. The van der Waals surface area contributed by atoms with Gasteiger partial charge in [0.2, 0.25) is 0 Å². The number of carbonyl (C=O) groups excluding carboxylic acids is 1. The molecular formula is C29H27N3O. The topological polar surface area (TPSA) is 44.4 Å². The third-order valence-electron chi connectivity index (χ3n) is 6.13. The number of hydrogen-bond donors (Lipinski definition) is 2. The quantitative estimate of drug-likeness (QED) is 0.362. The molecule has 0 aliphatic carbocycles. The number of hydrogen-bond acceptors (Lipinski definition) is 3. The molecule has 33 heavy (non-hydrogen) atoms. The van der Waals surface area contributed by atoms with E-state index in [0.29, 0.717) is 0 Å². The zero-order valence-electron chi connectivity index (χ0n) is 19.1. The Labute approximate surface area is 194 Å². The first-order chi connectivity index (χ1) is 16.0. The Hall–Kier alpha value is -4.05. The molecule has 4 aromatic rings. The van der Waals surface area contributed by atoms with Gasteiger partial charge < -0.3 is 15.5 Å². The summed E-state index contributed by atoms with van der Waals surface area (Å²) in [7, 11) is 0. The van der Waals surface area contributed by atoms with Crippen LogP contribution < -0.4 is 15.5 Å². The highest BCUT2D eigenvalue weighted by atomic mass is 16.1. The van der Waals surface area contributed by atoms with Crippen molar-refractivity contribution in [3.63, 3.8) is 0 Å². The fourth-order valence-electron chi connectivity index (χ4n) is 4.71. The van der Waals surface area contributed by atoms with Crippen molar-refractivity contribution in [3.8, 4) is 0 Å². The molecule has 0 aromatic heterocycles. The van der Waals surface area contributed by atoms with Crippen molar-refractivity contribution in [2.24, 2.45) is 0 Å². The van der Waals surface area contributed by atoms with Crippen LogP contribution in [0.2, 0.25) is 0 Å². The van der Waals surface area contributed by atoms with Crippen LogP contribution in [0, 0.1) is 20.8 Å². The van der Waals surface area contributed by atoms with E-state index >= 15 is 0 Å². The van der Waals surface area contributed by atoms with Gasteiger partial charge in [0.1, 0.15) is 0 Å². The van der Waals surface area contributed by atoms with Gasteiger partial charge in [0.25, 0.3) is 5.91 Å². The molecule has 5 rings (SSSR count). The number of aryl methyl sites for hydroxylation is 3. The van der Waals surface area contributed by atoms with Crippen LogP contribution in [0.25, 0.3) is 10.8 Å². The molecule has 4 aromatic carbocycles. The molecule has 0 unspecified atom stereocenters. The van der Waals surface area contributed by atoms with Gasteiger partial charge in [-0.15, -0.1) is 0 Å². The third kappa shape index (κ3) is 3.96. The summed E-state index contributed by atoms with van der Waals surface area (Å²) in [4.78, 5) is 15.1. The molecule has 4 nitrogen and oxygen atoms in total. The van der Waals surface area contributed by atoms with Crippen LogP contribution in [-0.4, -0.2) is 12.5 Å². The van der Waals surface area contributed by atoms with E-state index in [1.54, 1.807) is 0 Å². The number of amides is 1. The zero-order valence-corrected chi connectivity index (χ0v) is 19.1. The van der Waals surface area contributed by atoms with Crippen LogP contribution in [0.5, 0.6) is 0 Å². The molecule has 0 bridgehead atoms. The SMILES string of the molecule is Cc1cc(C)c(C(=O)Nc2ccc(N3C=CCNc4c3ccc3ccccc43)cc2)c(C)c1. The van der Waals surface area contributed by atoms with E-state index in [2.05, 4.69) is 64.2 Å². The summed E-state index contributed by atoms with van der Waals surface area (Å²) in [6.07, 6.45) is 4.22. The van der Waals surface area contributed by atoms with Gasteiger partial charge in [-0.1, -0.05) is 48.0 Å². The van der Waals surface area contributed by atoms with E-state index in [-0.39, 0.29) is 5.91 Å². The highest BCUT2D eigenvalue weighted by Crippen LogP contribution is 2.39. The number of rotatable bonds is 3. The van der Waals surface area contributed by atoms with E-state index in [1.807, 2.05) is 57.2 Å². The highest BCUT2D eigenvalue weighted by Gasteiger charge is 2.17. The highest BCUT2D eigenvalue weighted by molar-refractivity contribution is 6.06. The Bertz CT molecular complexity index is 1360. The number of nitrogens with one attached hydrogen (secondary N) is 2. The van der Waals surface area contributed by atoms with Gasteiger partial charge in [-0.2, -0.15) is 0 Å². The van der Waals surface area contributed by atoms with Crippen molar-refractivity contribution in [1.82, 2.24) is 0 Å². The summed E-state index contributed by atoms with van der Waals surface area (Å²) in [5, 5.41) is 9.03. The Morgan fingerprint density at radius 3 is 2.39 bits per heavy atom. The molecule has 0 fully saturated rings. The van der Waals surface area contributed by atoms with E-state index < -0.39 is 0 Å². The second-order valence-electron chi connectivity index (χ2n) is 8.59. The first-order valence-corrected chi connectivity index (χ1v) is 11.2. The fraction of sp³-hybridized carbons (Fsp3) is 0.138. The maximum atomic E-state index is 12.9. The van der Waals surface area contributed by atoms with E-state index in [1.165, 1.54) is 16.3 Å². The predicted molar refractivity (Wildman–Crippen MR) is 139 cm³/mol. The van der Waals surface area contributed by atoms with E-state index in [4.69, 9.17) is 0 Å². The maximum absolute atomic E-state index is 12.9. The van der Waals surface area contributed by atoms with Gasteiger partial charge in [0, 0.05) is 35.1 Å². The van der Waals surface area contributed by atoms with E-state index in [0.717, 1.165) is 46.0 Å². The molecule has 0 radical (unpaired) electrons. The summed E-state index contributed by atoms with van der Waals surface area (Å²) in [5.74, 6) is -0.0755. The smallest absolute Gasteiger partial charge is 0.256 e. The molecule has 4 heteroatoms. The number of fused-ring (bicyclic) bond motifs is 3. The van der Waals surface area contributed by atoms with Crippen molar-refractivity contribution >= 4 is 39.4 Å². The van der Waals surface area contributed by atoms with Crippen molar-refractivity contribution in [3.05, 3.63) is 107 Å².